The van der Waals surface area contributed by atoms with E-state index in [-0.39, 0.29) is 0 Å². The predicted octanol–water partition coefficient (Wildman–Crippen LogP) is 3.52. The smallest absolute Gasteiger partial charge is 0.222 e. The summed E-state index contributed by atoms with van der Waals surface area (Å²) in [6, 6.07) is 14.3. The SMILES string of the molecule is Cc1cccc(CNc2ncc(-c3ccc4c(N)n[nH]c4c3)cn2)c1. The molecule has 0 spiro atoms. The zero-order valence-electron chi connectivity index (χ0n) is 13.8. The molecule has 0 aliphatic heterocycles. The van der Waals surface area contributed by atoms with Crippen LogP contribution in [0.1, 0.15) is 11.1 Å². The number of aryl methyl sites for hydroxylation is 1. The number of rotatable bonds is 4. The second kappa shape index (κ2) is 6.24. The maximum atomic E-state index is 5.80. The van der Waals surface area contributed by atoms with Gasteiger partial charge in [-0.25, -0.2) is 9.97 Å². The summed E-state index contributed by atoms with van der Waals surface area (Å²) in [7, 11) is 0. The van der Waals surface area contributed by atoms with E-state index in [1.54, 1.807) is 0 Å². The van der Waals surface area contributed by atoms with Crippen molar-refractivity contribution in [2.75, 3.05) is 11.1 Å². The molecule has 0 saturated heterocycles. The molecule has 0 fully saturated rings. The molecule has 0 bridgehead atoms. The molecule has 4 aromatic rings. The lowest BCUT2D eigenvalue weighted by Crippen LogP contribution is -2.03. The second-order valence-corrected chi connectivity index (χ2v) is 6.01. The van der Waals surface area contributed by atoms with E-state index >= 15 is 0 Å². The zero-order chi connectivity index (χ0) is 17.2. The van der Waals surface area contributed by atoms with Crippen molar-refractivity contribution in [3.8, 4) is 11.1 Å². The van der Waals surface area contributed by atoms with Crippen LogP contribution in [0.2, 0.25) is 0 Å². The number of anilines is 2. The van der Waals surface area contributed by atoms with Crippen LogP contribution in [0, 0.1) is 6.92 Å². The summed E-state index contributed by atoms with van der Waals surface area (Å²) in [4.78, 5) is 8.81. The first-order chi connectivity index (χ1) is 12.2. The van der Waals surface area contributed by atoms with Gasteiger partial charge in [0.2, 0.25) is 5.95 Å². The molecule has 0 amide bonds. The lowest BCUT2D eigenvalue weighted by molar-refractivity contribution is 1.05. The van der Waals surface area contributed by atoms with E-state index in [1.807, 2.05) is 30.6 Å². The average Bonchev–Trinajstić information content (AvgIpc) is 3.01. The summed E-state index contributed by atoms with van der Waals surface area (Å²) in [6.07, 6.45) is 3.62. The number of aromatic amines is 1. The number of hydrogen-bond acceptors (Lipinski definition) is 5. The summed E-state index contributed by atoms with van der Waals surface area (Å²) in [5, 5.41) is 11.1. The number of nitrogens with one attached hydrogen (secondary N) is 2. The number of hydrogen-bond donors (Lipinski definition) is 3. The van der Waals surface area contributed by atoms with Crippen molar-refractivity contribution in [2.24, 2.45) is 0 Å². The lowest BCUT2D eigenvalue weighted by Gasteiger charge is -2.07. The zero-order valence-corrected chi connectivity index (χ0v) is 13.8. The molecular weight excluding hydrogens is 312 g/mol. The minimum atomic E-state index is 0.508. The lowest BCUT2D eigenvalue weighted by atomic mass is 10.1. The van der Waals surface area contributed by atoms with E-state index in [9.17, 15) is 0 Å². The van der Waals surface area contributed by atoms with Gasteiger partial charge in [0, 0.05) is 29.9 Å². The molecule has 0 unspecified atom stereocenters. The van der Waals surface area contributed by atoms with Gasteiger partial charge in [0.25, 0.3) is 0 Å². The summed E-state index contributed by atoms with van der Waals surface area (Å²) in [5.41, 5.74) is 11.1. The summed E-state index contributed by atoms with van der Waals surface area (Å²) >= 11 is 0. The van der Waals surface area contributed by atoms with Gasteiger partial charge in [-0.15, -0.1) is 0 Å². The Morgan fingerprint density at radius 1 is 1.04 bits per heavy atom. The molecule has 25 heavy (non-hydrogen) atoms. The highest BCUT2D eigenvalue weighted by molar-refractivity contribution is 5.91. The molecule has 0 atom stereocenters. The van der Waals surface area contributed by atoms with Gasteiger partial charge in [-0.2, -0.15) is 5.10 Å². The monoisotopic (exact) mass is 330 g/mol. The molecule has 0 aliphatic rings. The molecule has 2 aromatic carbocycles. The van der Waals surface area contributed by atoms with Crippen LogP contribution in [0.25, 0.3) is 22.0 Å². The molecule has 2 heterocycles. The highest BCUT2D eigenvalue weighted by Crippen LogP contribution is 2.25. The minimum Gasteiger partial charge on any atom is -0.382 e. The highest BCUT2D eigenvalue weighted by atomic mass is 15.1. The van der Waals surface area contributed by atoms with Crippen LogP contribution < -0.4 is 11.1 Å². The Balaban J connectivity index is 1.50. The predicted molar refractivity (Wildman–Crippen MR) is 100 cm³/mol. The van der Waals surface area contributed by atoms with E-state index in [4.69, 9.17) is 5.73 Å². The number of fused-ring (bicyclic) bond motifs is 1. The third kappa shape index (κ3) is 3.14. The van der Waals surface area contributed by atoms with Gasteiger partial charge in [0.1, 0.15) is 0 Å². The Hall–Kier alpha value is -3.41. The quantitative estimate of drug-likeness (QED) is 0.532. The normalized spacial score (nSPS) is 10.9. The largest absolute Gasteiger partial charge is 0.382 e. The Morgan fingerprint density at radius 3 is 2.68 bits per heavy atom. The van der Waals surface area contributed by atoms with Crippen molar-refractivity contribution < 1.29 is 0 Å². The maximum Gasteiger partial charge on any atom is 0.222 e. The van der Waals surface area contributed by atoms with Crippen LogP contribution in [0.15, 0.2) is 54.9 Å². The molecule has 4 N–H and O–H groups in total. The summed E-state index contributed by atoms with van der Waals surface area (Å²) in [6.45, 7) is 2.78. The van der Waals surface area contributed by atoms with E-state index in [1.165, 1.54) is 11.1 Å². The van der Waals surface area contributed by atoms with Gasteiger partial charge in [0.15, 0.2) is 5.82 Å². The highest BCUT2D eigenvalue weighted by Gasteiger charge is 2.06. The molecule has 6 heteroatoms. The Morgan fingerprint density at radius 2 is 1.88 bits per heavy atom. The molecule has 0 radical (unpaired) electrons. The van der Waals surface area contributed by atoms with Gasteiger partial charge in [-0.3, -0.25) is 5.10 Å². The molecule has 124 valence electrons. The van der Waals surface area contributed by atoms with E-state index in [0.717, 1.165) is 22.0 Å². The van der Waals surface area contributed by atoms with Crippen molar-refractivity contribution >= 4 is 22.7 Å². The maximum absolute atomic E-state index is 5.80. The molecule has 6 nitrogen and oxygen atoms in total. The van der Waals surface area contributed by atoms with Crippen molar-refractivity contribution in [1.82, 2.24) is 20.2 Å². The molecule has 4 rings (SSSR count). The minimum absolute atomic E-state index is 0.508. The third-order valence-corrected chi connectivity index (χ3v) is 4.11. The van der Waals surface area contributed by atoms with E-state index in [2.05, 4.69) is 56.7 Å². The van der Waals surface area contributed by atoms with Crippen molar-refractivity contribution in [3.63, 3.8) is 0 Å². The first-order valence-corrected chi connectivity index (χ1v) is 8.04. The van der Waals surface area contributed by atoms with E-state index in [0.29, 0.717) is 18.3 Å². The van der Waals surface area contributed by atoms with Crippen LogP contribution in [-0.4, -0.2) is 20.2 Å². The summed E-state index contributed by atoms with van der Waals surface area (Å²) < 4.78 is 0. The second-order valence-electron chi connectivity index (χ2n) is 6.01. The Bertz CT molecular complexity index is 1020. The number of nitrogen functional groups attached to an aromatic ring is 1. The van der Waals surface area contributed by atoms with Gasteiger partial charge in [-0.05, 0) is 30.2 Å². The number of aromatic nitrogens is 4. The number of nitrogens with two attached hydrogens (primary N) is 1. The van der Waals surface area contributed by atoms with Gasteiger partial charge in [0.05, 0.1) is 5.52 Å². The first kappa shape index (κ1) is 15.1. The van der Waals surface area contributed by atoms with Gasteiger partial charge in [-0.1, -0.05) is 35.9 Å². The summed E-state index contributed by atoms with van der Waals surface area (Å²) in [5.74, 6) is 1.12. The third-order valence-electron chi connectivity index (χ3n) is 4.11. The van der Waals surface area contributed by atoms with Crippen LogP contribution in [0.5, 0.6) is 0 Å². The van der Waals surface area contributed by atoms with Gasteiger partial charge >= 0.3 is 0 Å². The van der Waals surface area contributed by atoms with Crippen LogP contribution in [-0.2, 0) is 6.54 Å². The fourth-order valence-corrected chi connectivity index (χ4v) is 2.79. The Labute approximate surface area is 145 Å². The van der Waals surface area contributed by atoms with Crippen molar-refractivity contribution in [1.29, 1.82) is 0 Å². The van der Waals surface area contributed by atoms with Crippen molar-refractivity contribution in [2.45, 2.75) is 13.5 Å². The van der Waals surface area contributed by atoms with Crippen molar-refractivity contribution in [3.05, 3.63) is 66.0 Å². The fourth-order valence-electron chi connectivity index (χ4n) is 2.79. The van der Waals surface area contributed by atoms with Crippen LogP contribution in [0.3, 0.4) is 0 Å². The van der Waals surface area contributed by atoms with E-state index < -0.39 is 0 Å². The number of nitrogens with zero attached hydrogens (tertiary/aromatic N) is 3. The fraction of sp³-hybridized carbons (Fsp3) is 0.105. The molecule has 0 saturated carbocycles. The average molecular weight is 330 g/mol. The van der Waals surface area contributed by atoms with Crippen LogP contribution in [0.4, 0.5) is 11.8 Å². The molecule has 0 aliphatic carbocycles. The molecular formula is C19H18N6. The topological polar surface area (TPSA) is 92.5 Å². The Kier molecular flexibility index (Phi) is 3.78. The first-order valence-electron chi connectivity index (χ1n) is 8.04. The number of benzene rings is 2. The number of H-pyrrole nitrogens is 1. The van der Waals surface area contributed by atoms with Crippen LogP contribution >= 0.6 is 0 Å². The molecule has 2 aromatic heterocycles. The van der Waals surface area contributed by atoms with Gasteiger partial charge < -0.3 is 11.1 Å². The standard InChI is InChI=1S/C19H18N6/c1-12-3-2-4-13(7-12)9-21-19-22-10-15(11-23-19)14-5-6-16-17(8-14)24-25-18(16)20/h2-8,10-11H,9H2,1H3,(H3,20,24,25)(H,21,22,23).